The molecule has 4 heteroatoms. The van der Waals surface area contributed by atoms with Crippen molar-refractivity contribution >= 4 is 11.0 Å². The zero-order valence-electron chi connectivity index (χ0n) is 12.5. The lowest BCUT2D eigenvalue weighted by Gasteiger charge is -2.21. The summed E-state index contributed by atoms with van der Waals surface area (Å²) in [6.07, 6.45) is 0.914. The standard InChI is InChI=1S/C16H22N4/c1-4-20(12-13(2)11-17)10-9-16-18-14-7-5-6-8-15(14)19(16)3/h5-8,13H,4,9-10,12H2,1-3H3/t13-/m1/s1. The third-order valence-electron chi connectivity index (χ3n) is 3.73. The molecule has 2 rings (SSSR count). The molecule has 2 aromatic rings. The van der Waals surface area contributed by atoms with Crippen molar-refractivity contribution in [2.24, 2.45) is 13.0 Å². The molecular weight excluding hydrogens is 248 g/mol. The first-order chi connectivity index (χ1) is 9.65. The molecule has 1 aromatic heterocycles. The summed E-state index contributed by atoms with van der Waals surface area (Å²) < 4.78 is 2.16. The maximum atomic E-state index is 8.91. The van der Waals surface area contributed by atoms with Gasteiger partial charge in [-0.05, 0) is 25.6 Å². The zero-order chi connectivity index (χ0) is 14.5. The normalized spacial score (nSPS) is 12.8. The molecule has 0 radical (unpaired) electrons. The van der Waals surface area contributed by atoms with Crippen molar-refractivity contribution in [2.45, 2.75) is 20.3 Å². The molecule has 1 aromatic carbocycles. The van der Waals surface area contributed by atoms with E-state index < -0.39 is 0 Å². The third kappa shape index (κ3) is 3.17. The van der Waals surface area contributed by atoms with Crippen LogP contribution in [-0.4, -0.2) is 34.1 Å². The van der Waals surface area contributed by atoms with E-state index in [0.717, 1.165) is 37.4 Å². The van der Waals surface area contributed by atoms with Gasteiger partial charge in [0.1, 0.15) is 5.82 Å². The monoisotopic (exact) mass is 270 g/mol. The highest BCUT2D eigenvalue weighted by molar-refractivity contribution is 5.75. The van der Waals surface area contributed by atoms with Crippen molar-refractivity contribution in [3.8, 4) is 6.07 Å². The summed E-state index contributed by atoms with van der Waals surface area (Å²) in [4.78, 5) is 7.00. The number of aromatic nitrogens is 2. The van der Waals surface area contributed by atoms with Gasteiger partial charge < -0.3 is 9.47 Å². The molecule has 0 aliphatic heterocycles. The Morgan fingerprint density at radius 2 is 2.15 bits per heavy atom. The average Bonchev–Trinajstić information content (AvgIpc) is 2.80. The average molecular weight is 270 g/mol. The summed E-state index contributed by atoms with van der Waals surface area (Å²) >= 11 is 0. The van der Waals surface area contributed by atoms with E-state index in [9.17, 15) is 0 Å². The van der Waals surface area contributed by atoms with E-state index in [1.165, 1.54) is 5.52 Å². The lowest BCUT2D eigenvalue weighted by molar-refractivity contribution is 0.269. The van der Waals surface area contributed by atoms with Gasteiger partial charge in [-0.2, -0.15) is 5.26 Å². The second-order valence-corrected chi connectivity index (χ2v) is 5.25. The van der Waals surface area contributed by atoms with Crippen LogP contribution in [-0.2, 0) is 13.5 Å². The second-order valence-electron chi connectivity index (χ2n) is 5.25. The molecule has 0 fully saturated rings. The fourth-order valence-corrected chi connectivity index (χ4v) is 2.48. The molecule has 1 atom stereocenters. The van der Waals surface area contributed by atoms with Gasteiger partial charge in [0.2, 0.25) is 0 Å². The van der Waals surface area contributed by atoms with Crippen molar-refractivity contribution in [3.63, 3.8) is 0 Å². The van der Waals surface area contributed by atoms with Gasteiger partial charge in [0.25, 0.3) is 0 Å². The maximum Gasteiger partial charge on any atom is 0.110 e. The molecule has 0 spiro atoms. The molecule has 0 aliphatic rings. The fraction of sp³-hybridized carbons (Fsp3) is 0.500. The first-order valence-electron chi connectivity index (χ1n) is 7.18. The Morgan fingerprint density at radius 1 is 1.40 bits per heavy atom. The van der Waals surface area contributed by atoms with Crippen LogP contribution in [0.25, 0.3) is 11.0 Å². The van der Waals surface area contributed by atoms with Gasteiger partial charge in [-0.3, -0.25) is 0 Å². The minimum Gasteiger partial charge on any atom is -0.331 e. The molecule has 0 N–H and O–H groups in total. The van der Waals surface area contributed by atoms with E-state index >= 15 is 0 Å². The number of nitriles is 1. The number of aryl methyl sites for hydroxylation is 1. The largest absolute Gasteiger partial charge is 0.331 e. The highest BCUT2D eigenvalue weighted by atomic mass is 15.1. The van der Waals surface area contributed by atoms with Crippen molar-refractivity contribution < 1.29 is 0 Å². The Bertz CT molecular complexity index is 608. The number of benzene rings is 1. The van der Waals surface area contributed by atoms with Gasteiger partial charge >= 0.3 is 0 Å². The van der Waals surface area contributed by atoms with Crippen LogP contribution >= 0.6 is 0 Å². The number of likely N-dealkylation sites (N-methyl/N-ethyl adjacent to an activating group) is 1. The third-order valence-corrected chi connectivity index (χ3v) is 3.73. The van der Waals surface area contributed by atoms with Crippen LogP contribution in [0.1, 0.15) is 19.7 Å². The predicted molar refractivity (Wildman–Crippen MR) is 81.3 cm³/mol. The molecule has 4 nitrogen and oxygen atoms in total. The number of hydrogen-bond donors (Lipinski definition) is 0. The van der Waals surface area contributed by atoms with Crippen LogP contribution in [0.5, 0.6) is 0 Å². The summed E-state index contributed by atoms with van der Waals surface area (Å²) in [5.41, 5.74) is 2.23. The summed E-state index contributed by atoms with van der Waals surface area (Å²) in [6.45, 7) is 6.85. The quantitative estimate of drug-likeness (QED) is 0.810. The smallest absolute Gasteiger partial charge is 0.110 e. The highest BCUT2D eigenvalue weighted by Crippen LogP contribution is 2.14. The van der Waals surface area contributed by atoms with Gasteiger partial charge in [0.15, 0.2) is 0 Å². The van der Waals surface area contributed by atoms with Crippen LogP contribution in [0, 0.1) is 17.2 Å². The van der Waals surface area contributed by atoms with Crippen molar-refractivity contribution in [1.82, 2.24) is 14.5 Å². The molecule has 0 saturated carbocycles. The van der Waals surface area contributed by atoms with E-state index in [1.807, 2.05) is 25.1 Å². The van der Waals surface area contributed by atoms with Gasteiger partial charge in [0, 0.05) is 26.6 Å². The van der Waals surface area contributed by atoms with Crippen LogP contribution in [0.4, 0.5) is 0 Å². The molecule has 20 heavy (non-hydrogen) atoms. The Labute approximate surface area is 120 Å². The second kappa shape index (κ2) is 6.53. The molecule has 0 bridgehead atoms. The summed E-state index contributed by atoms with van der Waals surface area (Å²) in [5, 5.41) is 8.91. The molecule has 106 valence electrons. The highest BCUT2D eigenvalue weighted by Gasteiger charge is 2.11. The lowest BCUT2D eigenvalue weighted by atomic mass is 10.2. The minimum absolute atomic E-state index is 0.0791. The van der Waals surface area contributed by atoms with Crippen molar-refractivity contribution in [1.29, 1.82) is 5.26 Å². The topological polar surface area (TPSA) is 44.9 Å². The predicted octanol–water partition coefficient (Wildman–Crippen LogP) is 2.60. The fourth-order valence-electron chi connectivity index (χ4n) is 2.48. The molecule has 0 amide bonds. The number of para-hydroxylation sites is 2. The van der Waals surface area contributed by atoms with E-state index in [0.29, 0.717) is 0 Å². The Balaban J connectivity index is 2.05. The van der Waals surface area contributed by atoms with E-state index in [1.54, 1.807) is 0 Å². The first-order valence-corrected chi connectivity index (χ1v) is 7.18. The van der Waals surface area contributed by atoms with E-state index in [-0.39, 0.29) is 5.92 Å². The summed E-state index contributed by atoms with van der Waals surface area (Å²) in [6, 6.07) is 10.5. The van der Waals surface area contributed by atoms with Gasteiger partial charge in [-0.1, -0.05) is 19.1 Å². The summed E-state index contributed by atoms with van der Waals surface area (Å²) in [7, 11) is 2.07. The minimum atomic E-state index is 0.0791. The van der Waals surface area contributed by atoms with Crippen LogP contribution < -0.4 is 0 Å². The molecule has 0 unspecified atom stereocenters. The Hall–Kier alpha value is -1.86. The molecule has 0 saturated heterocycles. The number of hydrogen-bond acceptors (Lipinski definition) is 3. The van der Waals surface area contributed by atoms with Crippen LogP contribution in [0.15, 0.2) is 24.3 Å². The lowest BCUT2D eigenvalue weighted by Crippen LogP contribution is -2.30. The van der Waals surface area contributed by atoms with Gasteiger partial charge in [0.05, 0.1) is 23.0 Å². The SMILES string of the molecule is CCN(CCc1nc2ccccc2n1C)C[C@H](C)C#N. The Morgan fingerprint density at radius 3 is 2.80 bits per heavy atom. The van der Waals surface area contributed by atoms with E-state index in [4.69, 9.17) is 5.26 Å². The van der Waals surface area contributed by atoms with Crippen molar-refractivity contribution in [2.75, 3.05) is 19.6 Å². The first kappa shape index (κ1) is 14.5. The van der Waals surface area contributed by atoms with Crippen LogP contribution in [0.3, 0.4) is 0 Å². The van der Waals surface area contributed by atoms with Crippen molar-refractivity contribution in [3.05, 3.63) is 30.1 Å². The molecular formula is C16H22N4. The maximum absolute atomic E-state index is 8.91. The number of imidazole rings is 1. The van der Waals surface area contributed by atoms with Gasteiger partial charge in [-0.15, -0.1) is 0 Å². The van der Waals surface area contributed by atoms with E-state index in [2.05, 4.69) is 40.6 Å². The van der Waals surface area contributed by atoms with Crippen LogP contribution in [0.2, 0.25) is 0 Å². The molecule has 1 heterocycles. The number of fused-ring (bicyclic) bond motifs is 1. The van der Waals surface area contributed by atoms with Gasteiger partial charge in [-0.25, -0.2) is 4.98 Å². The molecule has 0 aliphatic carbocycles. The zero-order valence-corrected chi connectivity index (χ0v) is 12.5. The Kier molecular flexibility index (Phi) is 4.75. The number of rotatable bonds is 6. The summed E-state index contributed by atoms with van der Waals surface area (Å²) in [5.74, 6) is 1.18. The number of nitrogens with zero attached hydrogens (tertiary/aromatic N) is 4.